The molecular weight excluding hydrogens is 375 g/mol. The number of non-ortho nitro benzene ring substituents is 1. The van der Waals surface area contributed by atoms with Gasteiger partial charge < -0.3 is 4.90 Å². The second-order valence-corrected chi connectivity index (χ2v) is 6.21. The van der Waals surface area contributed by atoms with Crippen LogP contribution in [0.2, 0.25) is 0 Å². The van der Waals surface area contributed by atoms with Crippen LogP contribution < -0.4 is 4.90 Å². The van der Waals surface area contributed by atoms with Crippen LogP contribution in [0, 0.1) is 10.1 Å². The highest BCUT2D eigenvalue weighted by Crippen LogP contribution is 2.17. The van der Waals surface area contributed by atoms with Gasteiger partial charge in [-0.05, 0) is 35.9 Å². The topological polar surface area (TPSA) is 63.5 Å². The zero-order valence-corrected chi connectivity index (χ0v) is 15.5. The van der Waals surface area contributed by atoms with Crippen LogP contribution in [0.4, 0.5) is 11.4 Å². The summed E-state index contributed by atoms with van der Waals surface area (Å²) in [7, 11) is 0. The number of nitrogens with zero attached hydrogens (tertiary/aromatic N) is 2. The SMILES string of the molecule is O=C(/C=C/c1ccc(N(CCCl)CCCl)cc1)c1ccc([N+](=O)[O-])cc1. The summed E-state index contributed by atoms with van der Waals surface area (Å²) in [6, 6.07) is 13.3. The van der Waals surface area contributed by atoms with Crippen molar-refractivity contribution in [2.24, 2.45) is 0 Å². The Hall–Kier alpha value is -2.37. The summed E-state index contributed by atoms with van der Waals surface area (Å²) in [6.45, 7) is 1.42. The average Bonchev–Trinajstić information content (AvgIpc) is 2.66. The Morgan fingerprint density at radius 3 is 2.08 bits per heavy atom. The van der Waals surface area contributed by atoms with E-state index < -0.39 is 4.92 Å². The average molecular weight is 393 g/mol. The van der Waals surface area contributed by atoms with Crippen molar-refractivity contribution in [1.82, 2.24) is 0 Å². The largest absolute Gasteiger partial charge is 0.369 e. The van der Waals surface area contributed by atoms with Gasteiger partial charge in [-0.15, -0.1) is 23.2 Å². The van der Waals surface area contributed by atoms with Crippen LogP contribution in [0.25, 0.3) is 6.08 Å². The molecule has 0 radical (unpaired) electrons. The standard InChI is InChI=1S/C19H18Cl2N2O3/c20-11-13-22(14-12-21)17-6-1-15(2-7-17)3-10-19(24)16-4-8-18(9-5-16)23(25)26/h1-10H,11-14H2/b10-3+. The van der Waals surface area contributed by atoms with Crippen molar-refractivity contribution in [3.63, 3.8) is 0 Å². The molecule has 0 spiro atoms. The van der Waals surface area contributed by atoms with Gasteiger partial charge in [0.15, 0.2) is 5.78 Å². The quantitative estimate of drug-likeness (QED) is 0.202. The number of carbonyl (C=O) groups excluding carboxylic acids is 1. The van der Waals surface area contributed by atoms with E-state index >= 15 is 0 Å². The van der Waals surface area contributed by atoms with Crippen LogP contribution in [-0.2, 0) is 0 Å². The Kier molecular flexibility index (Phi) is 7.63. The predicted molar refractivity (Wildman–Crippen MR) is 107 cm³/mol. The minimum absolute atomic E-state index is 0.0421. The van der Waals surface area contributed by atoms with Gasteiger partial charge in [0.05, 0.1) is 4.92 Å². The number of alkyl halides is 2. The molecule has 0 saturated heterocycles. The van der Waals surface area contributed by atoms with Gasteiger partial charge in [-0.3, -0.25) is 14.9 Å². The van der Waals surface area contributed by atoms with E-state index in [0.29, 0.717) is 30.4 Å². The van der Waals surface area contributed by atoms with Gasteiger partial charge in [0.2, 0.25) is 0 Å². The van der Waals surface area contributed by atoms with Gasteiger partial charge in [0.25, 0.3) is 5.69 Å². The molecule has 2 rings (SSSR count). The van der Waals surface area contributed by atoms with Gasteiger partial charge in [-0.1, -0.05) is 18.2 Å². The van der Waals surface area contributed by atoms with E-state index in [2.05, 4.69) is 4.90 Å². The summed E-state index contributed by atoms with van der Waals surface area (Å²) in [5.74, 6) is 0.819. The number of carbonyl (C=O) groups is 1. The smallest absolute Gasteiger partial charge is 0.269 e. The number of allylic oxidation sites excluding steroid dienone is 1. The highest BCUT2D eigenvalue weighted by atomic mass is 35.5. The molecule has 2 aromatic rings. The van der Waals surface area contributed by atoms with Crippen LogP contribution in [0.15, 0.2) is 54.6 Å². The second-order valence-electron chi connectivity index (χ2n) is 5.46. The lowest BCUT2D eigenvalue weighted by Crippen LogP contribution is -2.27. The first-order valence-corrected chi connectivity index (χ1v) is 9.06. The Labute approximate surface area is 162 Å². The van der Waals surface area contributed by atoms with Crippen molar-refractivity contribution in [3.8, 4) is 0 Å². The zero-order valence-electron chi connectivity index (χ0n) is 14.0. The third-order valence-electron chi connectivity index (χ3n) is 3.76. The van der Waals surface area contributed by atoms with Gasteiger partial charge in [-0.2, -0.15) is 0 Å². The minimum atomic E-state index is -0.497. The van der Waals surface area contributed by atoms with Gasteiger partial charge in [0, 0.05) is 48.2 Å². The molecule has 7 heteroatoms. The number of halogens is 2. The highest BCUT2D eigenvalue weighted by molar-refractivity contribution is 6.18. The maximum atomic E-state index is 12.2. The number of benzene rings is 2. The van der Waals surface area contributed by atoms with E-state index in [4.69, 9.17) is 23.2 Å². The summed E-state index contributed by atoms with van der Waals surface area (Å²) in [6.07, 6.45) is 3.16. The molecular formula is C19H18Cl2N2O3. The number of ketones is 1. The van der Waals surface area contributed by atoms with Crippen LogP contribution in [0.5, 0.6) is 0 Å². The Balaban J connectivity index is 2.05. The van der Waals surface area contributed by atoms with Crippen molar-refractivity contribution in [2.45, 2.75) is 0 Å². The monoisotopic (exact) mass is 392 g/mol. The molecule has 2 aromatic carbocycles. The van der Waals surface area contributed by atoms with Crippen molar-refractivity contribution in [1.29, 1.82) is 0 Å². The molecule has 136 valence electrons. The molecule has 0 N–H and O–H groups in total. The Bertz CT molecular complexity index is 768. The van der Waals surface area contributed by atoms with Crippen molar-refractivity contribution in [3.05, 3.63) is 75.8 Å². The van der Waals surface area contributed by atoms with E-state index in [1.54, 1.807) is 6.08 Å². The maximum absolute atomic E-state index is 12.2. The molecule has 0 amide bonds. The molecule has 0 fully saturated rings. The van der Waals surface area contributed by atoms with Crippen LogP contribution in [0.1, 0.15) is 15.9 Å². The Morgan fingerprint density at radius 2 is 1.58 bits per heavy atom. The summed E-state index contributed by atoms with van der Waals surface area (Å²) < 4.78 is 0. The van der Waals surface area contributed by atoms with Gasteiger partial charge in [-0.25, -0.2) is 0 Å². The van der Waals surface area contributed by atoms with Gasteiger partial charge in [0.1, 0.15) is 0 Å². The lowest BCUT2D eigenvalue weighted by molar-refractivity contribution is -0.384. The number of hydrogen-bond acceptors (Lipinski definition) is 4. The number of rotatable bonds is 9. The van der Waals surface area contributed by atoms with Crippen molar-refractivity contribution in [2.75, 3.05) is 29.7 Å². The summed E-state index contributed by atoms with van der Waals surface area (Å²) in [5.41, 5.74) is 2.25. The van der Waals surface area contributed by atoms with Gasteiger partial charge >= 0.3 is 0 Å². The van der Waals surface area contributed by atoms with E-state index in [9.17, 15) is 14.9 Å². The first-order chi connectivity index (χ1) is 12.5. The fraction of sp³-hybridized carbons (Fsp3) is 0.211. The molecule has 5 nitrogen and oxygen atoms in total. The van der Waals surface area contributed by atoms with Crippen molar-refractivity contribution < 1.29 is 9.72 Å². The third-order valence-corrected chi connectivity index (χ3v) is 4.09. The minimum Gasteiger partial charge on any atom is -0.369 e. The second kappa shape index (κ2) is 9.94. The van der Waals surface area contributed by atoms with Crippen LogP contribution in [0.3, 0.4) is 0 Å². The first-order valence-electron chi connectivity index (χ1n) is 7.99. The highest BCUT2D eigenvalue weighted by Gasteiger charge is 2.08. The van der Waals surface area contributed by atoms with E-state index in [1.807, 2.05) is 24.3 Å². The van der Waals surface area contributed by atoms with E-state index in [1.165, 1.54) is 30.3 Å². The Morgan fingerprint density at radius 1 is 1.00 bits per heavy atom. The molecule has 26 heavy (non-hydrogen) atoms. The first kappa shape index (κ1) is 19.9. The molecule has 0 saturated carbocycles. The van der Waals surface area contributed by atoms with E-state index in [-0.39, 0.29) is 11.5 Å². The van der Waals surface area contributed by atoms with E-state index in [0.717, 1.165) is 11.3 Å². The number of hydrogen-bond donors (Lipinski definition) is 0. The summed E-state index contributed by atoms with van der Waals surface area (Å²) in [4.78, 5) is 24.4. The lowest BCUT2D eigenvalue weighted by atomic mass is 10.1. The third kappa shape index (κ3) is 5.58. The molecule has 0 unspecified atom stereocenters. The number of anilines is 1. The van der Waals surface area contributed by atoms with Crippen LogP contribution >= 0.6 is 23.2 Å². The molecule has 0 aliphatic heterocycles. The lowest BCUT2D eigenvalue weighted by Gasteiger charge is -2.22. The van der Waals surface area contributed by atoms with Crippen LogP contribution in [-0.4, -0.2) is 35.6 Å². The molecule has 0 bridgehead atoms. The maximum Gasteiger partial charge on any atom is 0.269 e. The molecule has 0 heterocycles. The molecule has 0 atom stereocenters. The van der Waals surface area contributed by atoms with Crippen molar-refractivity contribution >= 4 is 46.4 Å². The number of nitro groups is 1. The predicted octanol–water partition coefficient (Wildman–Crippen LogP) is 4.77. The molecule has 0 aliphatic rings. The fourth-order valence-electron chi connectivity index (χ4n) is 2.39. The fourth-order valence-corrected chi connectivity index (χ4v) is 2.79. The molecule has 0 aromatic heterocycles. The normalized spacial score (nSPS) is 10.8. The summed E-state index contributed by atoms with van der Waals surface area (Å²) in [5, 5.41) is 10.6. The number of nitro benzene ring substituents is 1. The zero-order chi connectivity index (χ0) is 18.9. The molecule has 0 aliphatic carbocycles. The summed E-state index contributed by atoms with van der Waals surface area (Å²) >= 11 is 11.6.